The van der Waals surface area contributed by atoms with Gasteiger partial charge in [-0.25, -0.2) is 4.79 Å². The first kappa shape index (κ1) is 14.8. The van der Waals surface area contributed by atoms with Gasteiger partial charge in [0.05, 0.1) is 6.42 Å². The van der Waals surface area contributed by atoms with Crippen LogP contribution in [0.2, 0.25) is 0 Å². The molecule has 1 unspecified atom stereocenters. The van der Waals surface area contributed by atoms with Crippen LogP contribution in [0.25, 0.3) is 0 Å². The Morgan fingerprint density at radius 1 is 1.33 bits per heavy atom. The molecule has 0 aromatic carbocycles. The molecule has 0 aliphatic heterocycles. The highest BCUT2D eigenvalue weighted by atomic mass is 16.4. The van der Waals surface area contributed by atoms with E-state index in [-0.39, 0.29) is 30.0 Å². The summed E-state index contributed by atoms with van der Waals surface area (Å²) >= 11 is 0. The molecule has 1 fully saturated rings. The van der Waals surface area contributed by atoms with Crippen LogP contribution in [0, 0.1) is 5.41 Å². The number of urea groups is 1. The van der Waals surface area contributed by atoms with Crippen molar-refractivity contribution in [3.63, 3.8) is 0 Å². The lowest BCUT2D eigenvalue weighted by Gasteiger charge is -2.29. The highest BCUT2D eigenvalue weighted by Crippen LogP contribution is 2.22. The van der Waals surface area contributed by atoms with Crippen molar-refractivity contribution in [3.05, 3.63) is 0 Å². The number of carbonyl (C=O) groups excluding carboxylic acids is 1. The van der Waals surface area contributed by atoms with Gasteiger partial charge < -0.3 is 15.7 Å². The Hall–Kier alpha value is -1.26. The van der Waals surface area contributed by atoms with E-state index in [1.807, 2.05) is 20.8 Å². The van der Waals surface area contributed by atoms with Gasteiger partial charge in [0, 0.05) is 12.1 Å². The summed E-state index contributed by atoms with van der Waals surface area (Å²) in [5.41, 5.74) is -0.0101. The molecule has 1 aliphatic rings. The molecule has 5 nitrogen and oxygen atoms in total. The van der Waals surface area contributed by atoms with E-state index in [4.69, 9.17) is 5.11 Å². The topological polar surface area (TPSA) is 78.4 Å². The summed E-state index contributed by atoms with van der Waals surface area (Å²) in [7, 11) is 0. The Bertz CT molecular complexity index is 306. The lowest BCUT2D eigenvalue weighted by molar-refractivity contribution is -0.137. The second kappa shape index (κ2) is 6.07. The maximum atomic E-state index is 11.7. The van der Waals surface area contributed by atoms with Crippen LogP contribution in [0.3, 0.4) is 0 Å². The average Bonchev–Trinajstić information content (AvgIpc) is 2.07. The third-order valence-corrected chi connectivity index (χ3v) is 3.06. The molecular formula is C13H24N2O3. The van der Waals surface area contributed by atoms with Crippen LogP contribution < -0.4 is 10.6 Å². The summed E-state index contributed by atoms with van der Waals surface area (Å²) in [6, 6.07) is -0.289. The van der Waals surface area contributed by atoms with Gasteiger partial charge in [0.1, 0.15) is 0 Å². The van der Waals surface area contributed by atoms with Gasteiger partial charge in [-0.15, -0.1) is 0 Å². The Morgan fingerprint density at radius 3 is 2.33 bits per heavy atom. The SMILES string of the molecule is CC(C)(C)CC(CC(=O)O)NC(=O)NC1CCC1. The zero-order valence-corrected chi connectivity index (χ0v) is 11.5. The molecule has 0 saturated heterocycles. The van der Waals surface area contributed by atoms with Crippen molar-refractivity contribution in [2.24, 2.45) is 5.41 Å². The zero-order valence-electron chi connectivity index (χ0n) is 11.5. The third kappa shape index (κ3) is 5.89. The Kier molecular flexibility index (Phi) is 4.99. The first-order chi connectivity index (χ1) is 8.26. The fourth-order valence-electron chi connectivity index (χ4n) is 2.09. The lowest BCUT2D eigenvalue weighted by Crippen LogP contribution is -2.49. The number of rotatable bonds is 5. The van der Waals surface area contributed by atoms with Crippen molar-refractivity contribution in [2.75, 3.05) is 0 Å². The fraction of sp³-hybridized carbons (Fsp3) is 0.846. The molecule has 0 spiro atoms. The number of nitrogens with one attached hydrogen (secondary N) is 2. The average molecular weight is 256 g/mol. The molecule has 3 N–H and O–H groups in total. The first-order valence-electron chi connectivity index (χ1n) is 6.55. The van der Waals surface area contributed by atoms with E-state index in [0.29, 0.717) is 6.42 Å². The second-order valence-corrected chi connectivity index (χ2v) is 6.31. The van der Waals surface area contributed by atoms with Gasteiger partial charge in [-0.05, 0) is 31.1 Å². The van der Waals surface area contributed by atoms with Gasteiger partial charge in [-0.2, -0.15) is 0 Å². The molecule has 1 saturated carbocycles. The number of aliphatic carboxylic acids is 1. The summed E-state index contributed by atoms with van der Waals surface area (Å²) in [5, 5.41) is 14.5. The molecule has 5 heteroatoms. The predicted molar refractivity (Wildman–Crippen MR) is 69.4 cm³/mol. The van der Waals surface area contributed by atoms with E-state index in [1.165, 1.54) is 0 Å². The van der Waals surface area contributed by atoms with Gasteiger partial charge in [0.15, 0.2) is 0 Å². The lowest BCUT2D eigenvalue weighted by atomic mass is 9.87. The molecule has 0 aromatic heterocycles. The van der Waals surface area contributed by atoms with Crippen molar-refractivity contribution >= 4 is 12.0 Å². The van der Waals surface area contributed by atoms with Crippen molar-refractivity contribution in [1.82, 2.24) is 10.6 Å². The van der Waals surface area contributed by atoms with Crippen LogP contribution in [-0.4, -0.2) is 29.2 Å². The Balaban J connectivity index is 2.43. The van der Waals surface area contributed by atoms with E-state index >= 15 is 0 Å². The van der Waals surface area contributed by atoms with E-state index < -0.39 is 5.97 Å². The largest absolute Gasteiger partial charge is 0.481 e. The van der Waals surface area contributed by atoms with Crippen molar-refractivity contribution in [3.8, 4) is 0 Å². The Morgan fingerprint density at radius 2 is 1.94 bits per heavy atom. The molecule has 1 rings (SSSR count). The van der Waals surface area contributed by atoms with Crippen molar-refractivity contribution in [2.45, 2.75) is 65.0 Å². The molecular weight excluding hydrogens is 232 g/mol. The quantitative estimate of drug-likeness (QED) is 0.705. The number of carboxylic acids is 1. The van der Waals surface area contributed by atoms with E-state index in [1.54, 1.807) is 0 Å². The van der Waals surface area contributed by atoms with Gasteiger partial charge in [0.2, 0.25) is 0 Å². The summed E-state index contributed by atoms with van der Waals surface area (Å²) in [6.45, 7) is 6.11. The molecule has 2 amide bonds. The number of hydrogen-bond donors (Lipinski definition) is 3. The molecule has 0 bridgehead atoms. The van der Waals surface area contributed by atoms with Crippen LogP contribution in [0.5, 0.6) is 0 Å². The summed E-state index contributed by atoms with van der Waals surface area (Å²) in [4.78, 5) is 22.5. The first-order valence-corrected chi connectivity index (χ1v) is 6.55. The summed E-state index contributed by atoms with van der Waals surface area (Å²) in [6.07, 6.45) is 3.82. The maximum absolute atomic E-state index is 11.7. The number of carboxylic acid groups (broad SMARTS) is 1. The standard InChI is InChI=1S/C13H24N2O3/c1-13(2,3)8-10(7-11(16)17)15-12(18)14-9-5-4-6-9/h9-10H,4-8H2,1-3H3,(H,16,17)(H2,14,15,18). The molecule has 0 aromatic rings. The van der Waals surface area contributed by atoms with Gasteiger partial charge >= 0.3 is 12.0 Å². The van der Waals surface area contributed by atoms with Crippen LogP contribution in [0.15, 0.2) is 0 Å². The van der Waals surface area contributed by atoms with Crippen LogP contribution in [-0.2, 0) is 4.79 Å². The second-order valence-electron chi connectivity index (χ2n) is 6.31. The van der Waals surface area contributed by atoms with Crippen LogP contribution in [0.1, 0.15) is 52.9 Å². The molecule has 0 heterocycles. The number of hydrogen-bond acceptors (Lipinski definition) is 2. The minimum Gasteiger partial charge on any atom is -0.481 e. The van der Waals surface area contributed by atoms with E-state index in [9.17, 15) is 9.59 Å². The van der Waals surface area contributed by atoms with Crippen LogP contribution in [0.4, 0.5) is 4.79 Å². The smallest absolute Gasteiger partial charge is 0.315 e. The highest BCUT2D eigenvalue weighted by Gasteiger charge is 2.25. The third-order valence-electron chi connectivity index (χ3n) is 3.06. The van der Waals surface area contributed by atoms with E-state index in [2.05, 4.69) is 10.6 Å². The van der Waals surface area contributed by atoms with Crippen molar-refractivity contribution in [1.29, 1.82) is 0 Å². The zero-order chi connectivity index (χ0) is 13.8. The van der Waals surface area contributed by atoms with Gasteiger partial charge in [-0.1, -0.05) is 20.8 Å². The molecule has 18 heavy (non-hydrogen) atoms. The number of carbonyl (C=O) groups is 2. The molecule has 1 aliphatic carbocycles. The molecule has 104 valence electrons. The minimum atomic E-state index is -0.881. The molecule has 1 atom stereocenters. The Labute approximate surface area is 108 Å². The van der Waals surface area contributed by atoms with Gasteiger partial charge in [-0.3, -0.25) is 4.79 Å². The fourth-order valence-corrected chi connectivity index (χ4v) is 2.09. The normalized spacial score (nSPS) is 17.7. The summed E-state index contributed by atoms with van der Waals surface area (Å²) in [5.74, 6) is -0.881. The molecule has 0 radical (unpaired) electrons. The maximum Gasteiger partial charge on any atom is 0.315 e. The number of amides is 2. The minimum absolute atomic E-state index is 0.0101. The van der Waals surface area contributed by atoms with Crippen LogP contribution >= 0.6 is 0 Å². The highest BCUT2D eigenvalue weighted by molar-refractivity contribution is 5.76. The van der Waals surface area contributed by atoms with Gasteiger partial charge in [0.25, 0.3) is 0 Å². The van der Waals surface area contributed by atoms with Crippen molar-refractivity contribution < 1.29 is 14.7 Å². The summed E-state index contributed by atoms with van der Waals surface area (Å²) < 4.78 is 0. The monoisotopic (exact) mass is 256 g/mol. The van der Waals surface area contributed by atoms with E-state index in [0.717, 1.165) is 19.3 Å². The predicted octanol–water partition coefficient (Wildman–Crippen LogP) is 2.12.